The Morgan fingerprint density at radius 3 is 2.18 bits per heavy atom. The number of rotatable bonds is 3. The molecule has 0 spiro atoms. The Bertz CT molecular complexity index is 1210. The van der Waals surface area contributed by atoms with E-state index in [1.807, 2.05) is 12.5 Å². The van der Waals surface area contributed by atoms with Gasteiger partial charge in [-0.3, -0.25) is 0 Å². The number of benzene rings is 1. The van der Waals surface area contributed by atoms with Gasteiger partial charge in [0.2, 0.25) is 0 Å². The average Bonchev–Trinajstić information content (AvgIpc) is 3.52. The molecule has 2 bridgehead atoms. The molecule has 7 nitrogen and oxygen atoms in total. The second-order valence-electron chi connectivity index (χ2n) is 8.11. The third kappa shape index (κ3) is 3.80. The zero-order valence-corrected chi connectivity index (χ0v) is 20.1. The molecular weight excluding hydrogens is 561 g/mol. The van der Waals surface area contributed by atoms with E-state index in [-0.39, 0.29) is 11.3 Å². The van der Waals surface area contributed by atoms with Crippen molar-refractivity contribution in [3.63, 3.8) is 0 Å². The summed E-state index contributed by atoms with van der Waals surface area (Å²) >= 11 is 2.50. The van der Waals surface area contributed by atoms with Crippen molar-refractivity contribution in [1.29, 1.82) is 0 Å². The lowest BCUT2D eigenvalue weighted by atomic mass is 9.53. The van der Waals surface area contributed by atoms with Crippen molar-refractivity contribution in [2.45, 2.75) is 28.2 Å². The number of aromatic nitrogens is 1. The second-order valence-corrected chi connectivity index (χ2v) is 9.63. The summed E-state index contributed by atoms with van der Waals surface area (Å²) in [5.74, 6) is 0.217. The lowest BCUT2D eigenvalue weighted by molar-refractivity contribution is -2.00. The highest BCUT2D eigenvalue weighted by atomic mass is 127. The van der Waals surface area contributed by atoms with Gasteiger partial charge in [-0.05, 0) is 23.3 Å². The molecule has 0 amide bonds. The molecule has 0 fully saturated rings. The van der Waals surface area contributed by atoms with Gasteiger partial charge >= 0.3 is 0 Å². The predicted molar refractivity (Wildman–Crippen MR) is 114 cm³/mol. The van der Waals surface area contributed by atoms with Crippen LogP contribution in [0, 0.1) is 10.2 Å². The quantitative estimate of drug-likeness (QED) is 0.201. The molecule has 1 aromatic carbocycles. The van der Waals surface area contributed by atoms with Gasteiger partial charge in [-0.1, -0.05) is 46.9 Å². The summed E-state index contributed by atoms with van der Waals surface area (Å²) in [6.45, 7) is 0. The van der Waals surface area contributed by atoms with Crippen LogP contribution in [0.3, 0.4) is 0 Å². The number of fused-ring (bicyclic) bond motifs is 1. The van der Waals surface area contributed by atoms with E-state index in [9.17, 15) is 0 Å². The number of hydrogen-bond donors (Lipinski definition) is 0. The first-order valence-corrected chi connectivity index (χ1v) is 13.0. The number of furan rings is 2. The van der Waals surface area contributed by atoms with E-state index in [1.54, 1.807) is 12.5 Å². The van der Waals surface area contributed by atoms with Crippen LogP contribution in [0.1, 0.15) is 51.9 Å². The fourth-order valence-corrected chi connectivity index (χ4v) is 6.26. The topological polar surface area (TPSA) is 122 Å². The lowest BCUT2D eigenvalue weighted by Crippen LogP contribution is -2.68. The highest BCUT2D eigenvalue weighted by Gasteiger charge is 2.60. The first-order valence-electron chi connectivity index (χ1n) is 10.2. The molecule has 0 N–H and O–H groups in total. The number of halogens is 2. The standard InChI is InChI=1S/C24H19INO2.ClHO4/c25-13-16-4-3-5-19-21-12-24(17-7-10-27-14-17,18-8-11-28-15-18)23(22(16)19)20-6-1-2-9-26(20)21;2-1(3,4)5/h1-11,14-15,21,23H,12-13H2;(H,2,3,4,5)/q+1;/p-1/t21-,23-;/m1./s1. The Morgan fingerprint density at radius 1 is 0.939 bits per heavy atom. The van der Waals surface area contributed by atoms with Gasteiger partial charge in [-0.2, -0.15) is 4.57 Å². The summed E-state index contributed by atoms with van der Waals surface area (Å²) in [5, 5.41) is 0. The van der Waals surface area contributed by atoms with E-state index in [4.69, 9.17) is 27.5 Å². The molecule has 3 aromatic heterocycles. The van der Waals surface area contributed by atoms with Crippen LogP contribution in [0.5, 0.6) is 0 Å². The first kappa shape index (κ1) is 22.6. The van der Waals surface area contributed by atoms with E-state index < -0.39 is 10.2 Å². The Morgan fingerprint density at radius 2 is 1.61 bits per heavy atom. The molecule has 4 aromatic rings. The molecule has 3 aliphatic rings. The highest BCUT2D eigenvalue weighted by Crippen LogP contribution is 2.60. The molecule has 0 saturated heterocycles. The van der Waals surface area contributed by atoms with E-state index in [1.165, 1.54) is 33.5 Å². The molecule has 1 aliphatic carbocycles. The molecule has 5 heterocycles. The van der Waals surface area contributed by atoms with Gasteiger partial charge in [-0.25, -0.2) is 18.6 Å². The number of hydrogen-bond acceptors (Lipinski definition) is 6. The Balaban J connectivity index is 0.000000416. The van der Waals surface area contributed by atoms with Crippen molar-refractivity contribution < 1.29 is 42.3 Å². The van der Waals surface area contributed by atoms with Gasteiger partial charge in [0.05, 0.1) is 36.4 Å². The van der Waals surface area contributed by atoms with Crippen molar-refractivity contribution in [1.82, 2.24) is 0 Å². The molecule has 0 saturated carbocycles. The van der Waals surface area contributed by atoms with Gasteiger partial charge in [0.1, 0.15) is 0 Å². The van der Waals surface area contributed by atoms with Crippen LogP contribution in [0.15, 0.2) is 88.6 Å². The van der Waals surface area contributed by atoms with E-state index in [0.717, 1.165) is 10.8 Å². The van der Waals surface area contributed by atoms with Crippen molar-refractivity contribution in [2.24, 2.45) is 0 Å². The molecule has 7 rings (SSSR count). The Labute approximate surface area is 205 Å². The molecule has 2 atom stereocenters. The van der Waals surface area contributed by atoms with Gasteiger partial charge in [-0.15, -0.1) is 10.2 Å². The van der Waals surface area contributed by atoms with Gasteiger partial charge in [0, 0.05) is 39.7 Å². The van der Waals surface area contributed by atoms with Crippen molar-refractivity contribution in [2.75, 3.05) is 0 Å². The minimum Gasteiger partial charge on any atom is -0.472 e. The summed E-state index contributed by atoms with van der Waals surface area (Å²) in [6.07, 6.45) is 10.7. The van der Waals surface area contributed by atoms with Crippen molar-refractivity contribution >= 4 is 22.6 Å². The summed E-state index contributed by atoms with van der Waals surface area (Å²) in [7, 11) is -4.94. The molecule has 0 radical (unpaired) electrons. The minimum absolute atomic E-state index is 0.194. The van der Waals surface area contributed by atoms with Crippen LogP contribution < -0.4 is 23.2 Å². The first-order chi connectivity index (χ1) is 15.8. The maximum absolute atomic E-state index is 8.49. The fraction of sp³-hybridized carbons (Fsp3) is 0.208. The second kappa shape index (κ2) is 8.53. The van der Waals surface area contributed by atoms with E-state index >= 15 is 0 Å². The summed E-state index contributed by atoms with van der Waals surface area (Å²) in [5.41, 5.74) is 8.01. The normalized spacial score (nSPS) is 19.9. The van der Waals surface area contributed by atoms with Crippen LogP contribution in [0.2, 0.25) is 0 Å². The van der Waals surface area contributed by atoms with Crippen LogP contribution in [-0.2, 0) is 9.84 Å². The summed E-state index contributed by atoms with van der Waals surface area (Å²) in [6, 6.07) is 18.0. The van der Waals surface area contributed by atoms with E-state index in [0.29, 0.717) is 6.04 Å². The minimum atomic E-state index is -4.94. The Kier molecular flexibility index (Phi) is 5.84. The fourth-order valence-electron chi connectivity index (χ4n) is 5.59. The van der Waals surface area contributed by atoms with Gasteiger partial charge < -0.3 is 8.83 Å². The number of nitrogens with zero attached hydrogens (tertiary/aromatic N) is 1. The maximum atomic E-state index is 8.49. The molecule has 0 unspecified atom stereocenters. The molecule has 2 aliphatic heterocycles. The average molecular weight is 580 g/mol. The van der Waals surface area contributed by atoms with Crippen LogP contribution in [-0.4, -0.2) is 0 Å². The van der Waals surface area contributed by atoms with Crippen molar-refractivity contribution in [3.05, 3.63) is 113 Å². The largest absolute Gasteiger partial charge is 0.472 e. The molecule has 170 valence electrons. The van der Waals surface area contributed by atoms with Gasteiger partial charge in [0.25, 0.3) is 0 Å². The highest BCUT2D eigenvalue weighted by molar-refractivity contribution is 14.1. The molecule has 33 heavy (non-hydrogen) atoms. The van der Waals surface area contributed by atoms with Gasteiger partial charge in [0.15, 0.2) is 17.9 Å². The molecule has 9 heteroatoms. The monoisotopic (exact) mass is 579 g/mol. The third-order valence-electron chi connectivity index (χ3n) is 6.66. The molecular formula is C24H19ClINO6. The maximum Gasteiger partial charge on any atom is 0.190 e. The zero-order chi connectivity index (χ0) is 23.2. The Hall–Kier alpha value is -2.21. The zero-order valence-electron chi connectivity index (χ0n) is 17.2. The SMILES string of the molecule is ICc1cccc2c1[C@H]1c3cccc[n+]3[C@@H]2CC1(c1ccoc1)c1ccoc1.[O-][Cl+3]([O-])([O-])[O-]. The number of alkyl halides is 1. The summed E-state index contributed by atoms with van der Waals surface area (Å²) < 4.78 is 48.6. The van der Waals surface area contributed by atoms with Crippen molar-refractivity contribution in [3.8, 4) is 0 Å². The van der Waals surface area contributed by atoms with Crippen LogP contribution in [0.4, 0.5) is 0 Å². The smallest absolute Gasteiger partial charge is 0.190 e. The number of pyridine rings is 1. The third-order valence-corrected chi connectivity index (χ3v) is 7.48. The lowest BCUT2D eigenvalue weighted by Gasteiger charge is -2.49. The van der Waals surface area contributed by atoms with E-state index in [2.05, 4.69) is 81.9 Å². The predicted octanol–water partition coefficient (Wildman–Crippen LogP) is 0.764. The van der Waals surface area contributed by atoms with Crippen LogP contribution in [0.25, 0.3) is 0 Å². The van der Waals surface area contributed by atoms with Crippen LogP contribution >= 0.6 is 22.6 Å². The summed E-state index contributed by atoms with van der Waals surface area (Å²) in [4.78, 5) is 0.